The Bertz CT molecular complexity index is 348. The largest absolute Gasteiger partial charge is 0.419 e. The van der Waals surface area contributed by atoms with Gasteiger partial charge in [0.15, 0.2) is 0 Å². The van der Waals surface area contributed by atoms with Crippen molar-refractivity contribution < 1.29 is 9.31 Å². The van der Waals surface area contributed by atoms with Gasteiger partial charge in [-0.05, 0) is 17.7 Å². The van der Waals surface area contributed by atoms with Crippen LogP contribution in [0.3, 0.4) is 0 Å². The second-order valence-electron chi connectivity index (χ2n) is 2.28. The van der Waals surface area contributed by atoms with Crippen molar-refractivity contribution in [3.8, 4) is 0 Å². The molecule has 0 aliphatic rings. The summed E-state index contributed by atoms with van der Waals surface area (Å²) in [5, 5.41) is 10.4. The third-order valence-corrected chi connectivity index (χ3v) is 1.58. The predicted octanol–water partition coefficient (Wildman–Crippen LogP) is 2.88. The summed E-state index contributed by atoms with van der Waals surface area (Å²) in [5.41, 5.74) is 0.401. The summed E-state index contributed by atoms with van der Waals surface area (Å²) in [6, 6.07) is 6.04. The van der Waals surface area contributed by atoms with E-state index in [1.807, 2.05) is 0 Å². The monoisotopic (exact) mass is 201 g/mol. The van der Waals surface area contributed by atoms with Gasteiger partial charge in [0.1, 0.15) is 0 Å². The van der Waals surface area contributed by atoms with Crippen LogP contribution in [0.15, 0.2) is 30.2 Å². The van der Waals surface area contributed by atoms with Crippen LogP contribution in [-0.4, -0.2) is 4.92 Å². The first-order valence-electron chi connectivity index (χ1n) is 3.37. The van der Waals surface area contributed by atoms with Crippen LogP contribution in [0, 0.1) is 10.1 Å². The first-order valence-corrected chi connectivity index (χ1v) is 3.74. The highest BCUT2D eigenvalue weighted by molar-refractivity contribution is 6.30. The topological polar surface area (TPSA) is 43.1 Å². The van der Waals surface area contributed by atoms with Gasteiger partial charge in [0.25, 0.3) is 0 Å². The van der Waals surface area contributed by atoms with Crippen LogP contribution < -0.4 is 0 Å². The van der Waals surface area contributed by atoms with Gasteiger partial charge in [-0.1, -0.05) is 23.7 Å². The molecular formula is C8H5ClFNO2. The highest BCUT2D eigenvalue weighted by atomic mass is 35.5. The molecule has 0 N–H and O–H groups in total. The molecule has 0 bridgehead atoms. The minimum Gasteiger partial charge on any atom is -0.256 e. The number of hydrogen-bond donors (Lipinski definition) is 0. The maximum atomic E-state index is 12.4. The fourth-order valence-corrected chi connectivity index (χ4v) is 0.875. The fraction of sp³-hybridized carbons (Fsp3) is 0. The lowest BCUT2D eigenvalue weighted by Gasteiger charge is -1.91. The highest BCUT2D eigenvalue weighted by Crippen LogP contribution is 2.12. The quantitative estimate of drug-likeness (QED) is 0.420. The van der Waals surface area contributed by atoms with Crippen LogP contribution in [0.4, 0.5) is 4.39 Å². The second kappa shape index (κ2) is 4.00. The van der Waals surface area contributed by atoms with Crippen LogP contribution in [0.2, 0.25) is 5.02 Å². The van der Waals surface area contributed by atoms with Crippen molar-refractivity contribution in [1.29, 1.82) is 0 Å². The molecule has 0 aromatic heterocycles. The summed E-state index contributed by atoms with van der Waals surface area (Å²) < 4.78 is 12.4. The molecular weight excluding hydrogens is 197 g/mol. The van der Waals surface area contributed by atoms with Crippen LogP contribution >= 0.6 is 11.6 Å². The Labute approximate surface area is 78.6 Å². The molecule has 1 aromatic rings. The number of halogens is 2. The molecule has 1 aromatic carbocycles. The average Bonchev–Trinajstić information content (AvgIpc) is 2.08. The van der Waals surface area contributed by atoms with Gasteiger partial charge in [-0.3, -0.25) is 10.1 Å². The van der Waals surface area contributed by atoms with Gasteiger partial charge < -0.3 is 0 Å². The first kappa shape index (κ1) is 9.67. The molecule has 0 unspecified atom stereocenters. The zero-order chi connectivity index (χ0) is 9.84. The molecule has 3 nitrogen and oxygen atoms in total. The van der Waals surface area contributed by atoms with E-state index in [0.29, 0.717) is 10.6 Å². The molecule has 0 spiro atoms. The van der Waals surface area contributed by atoms with Gasteiger partial charge in [-0.25, -0.2) is 0 Å². The van der Waals surface area contributed by atoms with Crippen LogP contribution in [0.25, 0.3) is 6.08 Å². The zero-order valence-electron chi connectivity index (χ0n) is 6.41. The third-order valence-electron chi connectivity index (χ3n) is 1.33. The fourth-order valence-electron chi connectivity index (χ4n) is 0.749. The normalized spacial score (nSPS) is 11.4. The van der Waals surface area contributed by atoms with Crippen molar-refractivity contribution in [3.63, 3.8) is 0 Å². The van der Waals surface area contributed by atoms with Crippen LogP contribution in [0.1, 0.15) is 5.56 Å². The van der Waals surface area contributed by atoms with Gasteiger partial charge >= 0.3 is 5.95 Å². The van der Waals surface area contributed by atoms with Gasteiger partial charge in [-0.2, -0.15) is 0 Å². The summed E-state index contributed by atoms with van der Waals surface area (Å²) in [7, 11) is 0. The maximum Gasteiger partial charge on any atom is 0.419 e. The smallest absolute Gasteiger partial charge is 0.256 e. The van der Waals surface area contributed by atoms with Gasteiger partial charge in [0.05, 0.1) is 11.0 Å². The molecule has 68 valence electrons. The molecule has 0 atom stereocenters. The van der Waals surface area contributed by atoms with Crippen LogP contribution in [0.5, 0.6) is 0 Å². The van der Waals surface area contributed by atoms with Crippen molar-refractivity contribution in [1.82, 2.24) is 0 Å². The summed E-state index contributed by atoms with van der Waals surface area (Å²) >= 11 is 5.56. The van der Waals surface area contributed by atoms with Gasteiger partial charge in [0, 0.05) is 5.02 Å². The summed E-state index contributed by atoms with van der Waals surface area (Å²) in [6.07, 6.45) is 0.830. The molecule has 0 aliphatic carbocycles. The minimum atomic E-state index is -1.39. The average molecular weight is 202 g/mol. The molecule has 0 saturated heterocycles. The second-order valence-corrected chi connectivity index (χ2v) is 2.71. The Kier molecular flexibility index (Phi) is 2.97. The lowest BCUT2D eigenvalue weighted by molar-refractivity contribution is -0.445. The maximum absolute atomic E-state index is 12.4. The molecule has 0 heterocycles. The van der Waals surface area contributed by atoms with E-state index in [9.17, 15) is 14.5 Å². The van der Waals surface area contributed by atoms with Gasteiger partial charge in [0.2, 0.25) is 0 Å². The summed E-state index contributed by atoms with van der Waals surface area (Å²) in [4.78, 5) is 8.82. The van der Waals surface area contributed by atoms with Crippen molar-refractivity contribution >= 4 is 17.7 Å². The van der Waals surface area contributed by atoms with Crippen molar-refractivity contribution in [2.45, 2.75) is 0 Å². The van der Waals surface area contributed by atoms with E-state index in [2.05, 4.69) is 0 Å². The Morgan fingerprint density at radius 3 is 2.46 bits per heavy atom. The SMILES string of the molecule is O=[N+]([O-])C(F)=Cc1ccc(Cl)cc1. The lowest BCUT2D eigenvalue weighted by atomic mass is 10.2. The summed E-state index contributed by atoms with van der Waals surface area (Å²) in [6.45, 7) is 0. The molecule has 0 aliphatic heterocycles. The van der Waals surface area contributed by atoms with Crippen molar-refractivity contribution in [2.75, 3.05) is 0 Å². The number of hydrogen-bond acceptors (Lipinski definition) is 2. The Morgan fingerprint density at radius 2 is 2.00 bits per heavy atom. The van der Waals surface area contributed by atoms with E-state index in [0.717, 1.165) is 6.08 Å². The molecule has 0 fully saturated rings. The first-order chi connectivity index (χ1) is 6.09. The van der Waals surface area contributed by atoms with E-state index < -0.39 is 10.9 Å². The molecule has 5 heteroatoms. The van der Waals surface area contributed by atoms with Crippen molar-refractivity contribution in [3.05, 3.63) is 50.9 Å². The van der Waals surface area contributed by atoms with Crippen molar-refractivity contribution in [2.24, 2.45) is 0 Å². The van der Waals surface area contributed by atoms with Crippen LogP contribution in [-0.2, 0) is 0 Å². The Hall–Kier alpha value is -1.42. The lowest BCUT2D eigenvalue weighted by Crippen LogP contribution is -1.91. The Balaban J connectivity index is 2.92. The van der Waals surface area contributed by atoms with Gasteiger partial charge in [-0.15, -0.1) is 4.39 Å². The van der Waals surface area contributed by atoms with E-state index in [-0.39, 0.29) is 0 Å². The predicted molar refractivity (Wildman–Crippen MR) is 47.5 cm³/mol. The number of nitro groups is 1. The molecule has 0 saturated carbocycles. The Morgan fingerprint density at radius 1 is 1.46 bits per heavy atom. The highest BCUT2D eigenvalue weighted by Gasteiger charge is 2.06. The summed E-state index contributed by atoms with van der Waals surface area (Å²) in [5.74, 6) is -1.39. The third kappa shape index (κ3) is 2.83. The number of nitrogens with zero attached hydrogens (tertiary/aromatic N) is 1. The molecule has 1 rings (SSSR count). The number of rotatable bonds is 2. The standard InChI is InChI=1S/C8H5ClFNO2/c9-7-3-1-6(2-4-7)5-8(10)11(12)13/h1-5H. The molecule has 13 heavy (non-hydrogen) atoms. The van der Waals surface area contributed by atoms with E-state index >= 15 is 0 Å². The zero-order valence-corrected chi connectivity index (χ0v) is 7.16. The molecule has 0 amide bonds. The van der Waals surface area contributed by atoms with E-state index in [4.69, 9.17) is 11.6 Å². The minimum absolute atomic E-state index is 0.401. The van der Waals surface area contributed by atoms with E-state index in [1.54, 1.807) is 0 Å². The number of benzene rings is 1. The molecule has 0 radical (unpaired) electrons. The van der Waals surface area contributed by atoms with E-state index in [1.165, 1.54) is 24.3 Å².